The van der Waals surface area contributed by atoms with Gasteiger partial charge in [0, 0.05) is 10.0 Å². The highest BCUT2D eigenvalue weighted by molar-refractivity contribution is 9.10. The van der Waals surface area contributed by atoms with Crippen LogP contribution in [0.4, 0.5) is 4.39 Å². The lowest BCUT2D eigenvalue weighted by atomic mass is 9.81. The first-order chi connectivity index (χ1) is 6.49. The summed E-state index contributed by atoms with van der Waals surface area (Å²) in [6, 6.07) is 5.04. The first-order valence-electron chi connectivity index (χ1n) is 4.63. The van der Waals surface area contributed by atoms with Gasteiger partial charge in [-0.3, -0.25) is 0 Å². The lowest BCUT2D eigenvalue weighted by Gasteiger charge is -2.26. The number of benzene rings is 1. The van der Waals surface area contributed by atoms with Gasteiger partial charge in [0.2, 0.25) is 0 Å². The summed E-state index contributed by atoms with van der Waals surface area (Å²) in [5, 5.41) is 0. The normalized spacial score (nSPS) is 11.8. The molecule has 0 saturated carbocycles. The van der Waals surface area contributed by atoms with Crippen LogP contribution in [0.3, 0.4) is 0 Å². The minimum Gasteiger partial charge on any atom is -0.330 e. The molecule has 1 aromatic carbocycles. The summed E-state index contributed by atoms with van der Waals surface area (Å²) in [7, 11) is 0. The summed E-state index contributed by atoms with van der Waals surface area (Å²) in [6.07, 6.45) is 0.770. The quantitative estimate of drug-likeness (QED) is 0.887. The smallest absolute Gasteiger partial charge is 0.128 e. The van der Waals surface area contributed by atoms with Crippen LogP contribution in [-0.2, 0) is 5.41 Å². The Kier molecular flexibility index (Phi) is 3.67. The molecule has 0 heterocycles. The van der Waals surface area contributed by atoms with Crippen molar-refractivity contribution in [1.29, 1.82) is 0 Å². The van der Waals surface area contributed by atoms with Gasteiger partial charge in [0.1, 0.15) is 5.82 Å². The van der Waals surface area contributed by atoms with E-state index in [9.17, 15) is 4.39 Å². The van der Waals surface area contributed by atoms with Gasteiger partial charge in [0.05, 0.1) is 0 Å². The molecule has 0 aliphatic heterocycles. The van der Waals surface area contributed by atoms with Gasteiger partial charge < -0.3 is 5.73 Å². The average Bonchev–Trinajstić information content (AvgIpc) is 2.02. The molecule has 78 valence electrons. The fraction of sp³-hybridized carbons (Fsp3) is 0.455. The molecular weight excluding hydrogens is 245 g/mol. The largest absolute Gasteiger partial charge is 0.330 e. The van der Waals surface area contributed by atoms with Crippen LogP contribution in [0.2, 0.25) is 0 Å². The van der Waals surface area contributed by atoms with Crippen molar-refractivity contribution in [3.63, 3.8) is 0 Å². The standard InChI is InChI=1S/C11H15BrFN/c1-11(2,6-7-14)10-8(12)4-3-5-9(10)13/h3-5H,6-7,14H2,1-2H3. The highest BCUT2D eigenvalue weighted by Gasteiger charge is 2.25. The summed E-state index contributed by atoms with van der Waals surface area (Å²) in [6.45, 7) is 4.57. The Morgan fingerprint density at radius 3 is 2.57 bits per heavy atom. The van der Waals surface area contributed by atoms with E-state index in [2.05, 4.69) is 15.9 Å². The van der Waals surface area contributed by atoms with Gasteiger partial charge in [-0.15, -0.1) is 0 Å². The first kappa shape index (κ1) is 11.7. The van der Waals surface area contributed by atoms with Crippen LogP contribution in [0.25, 0.3) is 0 Å². The van der Waals surface area contributed by atoms with Crippen molar-refractivity contribution in [2.45, 2.75) is 25.7 Å². The number of nitrogens with two attached hydrogens (primary N) is 1. The number of hydrogen-bond acceptors (Lipinski definition) is 1. The zero-order valence-electron chi connectivity index (χ0n) is 8.48. The average molecular weight is 260 g/mol. The van der Waals surface area contributed by atoms with Gasteiger partial charge in [-0.1, -0.05) is 35.8 Å². The van der Waals surface area contributed by atoms with Crippen LogP contribution in [0, 0.1) is 5.82 Å². The minimum absolute atomic E-state index is 0.169. The van der Waals surface area contributed by atoms with Crippen LogP contribution in [0.1, 0.15) is 25.8 Å². The van der Waals surface area contributed by atoms with E-state index in [0.717, 1.165) is 10.9 Å². The van der Waals surface area contributed by atoms with E-state index in [1.54, 1.807) is 6.07 Å². The lowest BCUT2D eigenvalue weighted by Crippen LogP contribution is -2.23. The minimum atomic E-state index is -0.223. The first-order valence-corrected chi connectivity index (χ1v) is 5.43. The molecule has 0 amide bonds. The van der Waals surface area contributed by atoms with E-state index in [-0.39, 0.29) is 11.2 Å². The van der Waals surface area contributed by atoms with Crippen molar-refractivity contribution >= 4 is 15.9 Å². The molecule has 0 spiro atoms. The maximum absolute atomic E-state index is 13.6. The Hall–Kier alpha value is -0.410. The Labute approximate surface area is 92.6 Å². The molecule has 0 bridgehead atoms. The molecule has 0 saturated heterocycles. The molecular formula is C11H15BrFN. The van der Waals surface area contributed by atoms with Gasteiger partial charge in [-0.2, -0.15) is 0 Å². The maximum atomic E-state index is 13.6. The topological polar surface area (TPSA) is 26.0 Å². The third kappa shape index (κ3) is 2.34. The second kappa shape index (κ2) is 4.41. The summed E-state index contributed by atoms with van der Waals surface area (Å²) in [5.74, 6) is -0.169. The molecule has 0 atom stereocenters. The van der Waals surface area contributed by atoms with E-state index in [4.69, 9.17) is 5.73 Å². The van der Waals surface area contributed by atoms with Gasteiger partial charge >= 0.3 is 0 Å². The highest BCUT2D eigenvalue weighted by atomic mass is 79.9. The van der Waals surface area contributed by atoms with Crippen molar-refractivity contribution in [3.05, 3.63) is 34.1 Å². The molecule has 1 rings (SSSR count). The van der Waals surface area contributed by atoms with Crippen LogP contribution in [-0.4, -0.2) is 6.54 Å². The molecule has 1 nitrogen and oxygen atoms in total. The lowest BCUT2D eigenvalue weighted by molar-refractivity contribution is 0.453. The molecule has 2 N–H and O–H groups in total. The third-order valence-corrected chi connectivity index (χ3v) is 3.07. The maximum Gasteiger partial charge on any atom is 0.128 e. The summed E-state index contributed by atoms with van der Waals surface area (Å²) < 4.78 is 14.4. The van der Waals surface area contributed by atoms with E-state index in [0.29, 0.717) is 12.1 Å². The van der Waals surface area contributed by atoms with E-state index in [1.165, 1.54) is 6.07 Å². The molecule has 0 aromatic heterocycles. The predicted octanol–water partition coefficient (Wildman–Crippen LogP) is 3.21. The summed E-state index contributed by atoms with van der Waals surface area (Å²) in [4.78, 5) is 0. The zero-order chi connectivity index (χ0) is 10.8. The summed E-state index contributed by atoms with van der Waals surface area (Å²) in [5.41, 5.74) is 6.00. The molecule has 0 unspecified atom stereocenters. The Morgan fingerprint density at radius 1 is 1.43 bits per heavy atom. The SMILES string of the molecule is CC(C)(CCN)c1c(F)cccc1Br. The number of hydrogen-bond donors (Lipinski definition) is 1. The fourth-order valence-corrected chi connectivity index (χ4v) is 2.51. The van der Waals surface area contributed by atoms with Crippen LogP contribution in [0.5, 0.6) is 0 Å². The Morgan fingerprint density at radius 2 is 2.07 bits per heavy atom. The second-order valence-electron chi connectivity index (χ2n) is 4.02. The summed E-state index contributed by atoms with van der Waals surface area (Å²) >= 11 is 3.37. The molecule has 3 heteroatoms. The molecule has 1 aromatic rings. The van der Waals surface area contributed by atoms with Crippen molar-refractivity contribution in [2.24, 2.45) is 5.73 Å². The van der Waals surface area contributed by atoms with Crippen molar-refractivity contribution < 1.29 is 4.39 Å². The van der Waals surface area contributed by atoms with Gasteiger partial charge in [0.25, 0.3) is 0 Å². The van der Waals surface area contributed by atoms with E-state index < -0.39 is 0 Å². The van der Waals surface area contributed by atoms with Crippen LogP contribution in [0.15, 0.2) is 22.7 Å². The molecule has 0 aliphatic carbocycles. The third-order valence-electron chi connectivity index (χ3n) is 2.41. The van der Waals surface area contributed by atoms with Crippen LogP contribution >= 0.6 is 15.9 Å². The molecule has 14 heavy (non-hydrogen) atoms. The highest BCUT2D eigenvalue weighted by Crippen LogP contribution is 2.34. The van der Waals surface area contributed by atoms with Gasteiger partial charge in [-0.25, -0.2) is 4.39 Å². The second-order valence-corrected chi connectivity index (χ2v) is 4.87. The molecule has 0 radical (unpaired) electrons. The predicted molar refractivity (Wildman–Crippen MR) is 60.8 cm³/mol. The Bertz CT molecular complexity index is 303. The zero-order valence-corrected chi connectivity index (χ0v) is 10.1. The van der Waals surface area contributed by atoms with Crippen molar-refractivity contribution in [1.82, 2.24) is 0 Å². The van der Waals surface area contributed by atoms with Crippen LogP contribution < -0.4 is 5.73 Å². The number of halogens is 2. The van der Waals surface area contributed by atoms with Crippen molar-refractivity contribution in [2.75, 3.05) is 6.54 Å². The number of rotatable bonds is 3. The van der Waals surface area contributed by atoms with E-state index in [1.807, 2.05) is 19.9 Å². The van der Waals surface area contributed by atoms with Gasteiger partial charge in [-0.05, 0) is 30.5 Å². The monoisotopic (exact) mass is 259 g/mol. The van der Waals surface area contributed by atoms with E-state index >= 15 is 0 Å². The molecule has 0 aliphatic rings. The fourth-order valence-electron chi connectivity index (χ4n) is 1.63. The molecule has 0 fully saturated rings. The van der Waals surface area contributed by atoms with Gasteiger partial charge in [0.15, 0.2) is 0 Å². The van der Waals surface area contributed by atoms with Crippen molar-refractivity contribution in [3.8, 4) is 0 Å². The Balaban J connectivity index is 3.17.